The van der Waals surface area contributed by atoms with Crippen LogP contribution < -0.4 is 11.1 Å². The number of nitrogens with zero attached hydrogens (tertiary/aromatic N) is 1. The van der Waals surface area contributed by atoms with E-state index < -0.39 is 18.3 Å². The SMILES string of the molecule is Nc1ncccc1C(O)C(O)CNC(=O)OCC1c2ccccc2-c2ccccc21. The Morgan fingerprint density at radius 3 is 2.30 bits per heavy atom. The Morgan fingerprint density at radius 1 is 1.03 bits per heavy atom. The van der Waals surface area contributed by atoms with Crippen molar-refractivity contribution < 1.29 is 19.7 Å². The third kappa shape index (κ3) is 3.85. The van der Waals surface area contributed by atoms with Gasteiger partial charge in [-0.25, -0.2) is 9.78 Å². The minimum atomic E-state index is -1.27. The van der Waals surface area contributed by atoms with Crippen LogP contribution >= 0.6 is 0 Å². The quantitative estimate of drug-likeness (QED) is 0.501. The zero-order valence-corrected chi connectivity index (χ0v) is 16.2. The van der Waals surface area contributed by atoms with E-state index in [1.807, 2.05) is 36.4 Å². The molecule has 1 aliphatic rings. The molecule has 7 nitrogen and oxygen atoms in total. The lowest BCUT2D eigenvalue weighted by atomic mass is 9.98. The minimum absolute atomic E-state index is 0.0474. The maximum Gasteiger partial charge on any atom is 0.407 e. The van der Waals surface area contributed by atoms with Crippen molar-refractivity contribution in [2.75, 3.05) is 18.9 Å². The molecule has 2 aromatic carbocycles. The van der Waals surface area contributed by atoms with E-state index in [1.54, 1.807) is 12.1 Å². The van der Waals surface area contributed by atoms with Crippen LogP contribution in [0.2, 0.25) is 0 Å². The third-order valence-corrected chi connectivity index (χ3v) is 5.35. The Labute approximate surface area is 174 Å². The molecule has 1 aliphatic carbocycles. The number of nitrogen functional groups attached to an aromatic ring is 1. The number of hydrogen-bond acceptors (Lipinski definition) is 6. The average Bonchev–Trinajstić information content (AvgIpc) is 3.09. The highest BCUT2D eigenvalue weighted by molar-refractivity contribution is 5.79. The van der Waals surface area contributed by atoms with Crippen molar-refractivity contribution in [3.05, 3.63) is 83.6 Å². The molecule has 4 rings (SSSR count). The fourth-order valence-corrected chi connectivity index (χ4v) is 3.84. The molecule has 0 aliphatic heterocycles. The van der Waals surface area contributed by atoms with Gasteiger partial charge in [0.25, 0.3) is 0 Å². The molecule has 2 atom stereocenters. The van der Waals surface area contributed by atoms with Crippen LogP contribution in [0.3, 0.4) is 0 Å². The lowest BCUT2D eigenvalue weighted by molar-refractivity contribution is 0.0188. The molecule has 2 unspecified atom stereocenters. The zero-order chi connectivity index (χ0) is 21.1. The first-order chi connectivity index (χ1) is 14.6. The molecule has 1 aromatic heterocycles. The molecule has 0 fully saturated rings. The predicted octanol–water partition coefficient (Wildman–Crippen LogP) is 2.60. The number of aliphatic hydroxyl groups is 2. The number of benzene rings is 2. The van der Waals surface area contributed by atoms with E-state index in [4.69, 9.17) is 10.5 Å². The fourth-order valence-electron chi connectivity index (χ4n) is 3.84. The molecule has 1 amide bonds. The summed E-state index contributed by atoms with van der Waals surface area (Å²) in [5.74, 6) is 0.0824. The Balaban J connectivity index is 1.35. The van der Waals surface area contributed by atoms with Gasteiger partial charge in [-0.1, -0.05) is 54.6 Å². The average molecular weight is 405 g/mol. The first-order valence-electron chi connectivity index (χ1n) is 9.71. The number of ether oxygens (including phenoxy) is 1. The molecule has 5 N–H and O–H groups in total. The second-order valence-electron chi connectivity index (χ2n) is 7.20. The molecular weight excluding hydrogens is 382 g/mol. The van der Waals surface area contributed by atoms with Gasteiger partial charge in [0.1, 0.15) is 24.6 Å². The Bertz CT molecular complexity index is 1010. The molecule has 154 valence electrons. The number of aliphatic hydroxyl groups excluding tert-OH is 2. The Kier molecular flexibility index (Phi) is 5.65. The number of nitrogens with two attached hydrogens (primary N) is 1. The summed E-state index contributed by atoms with van der Waals surface area (Å²) in [6.07, 6.45) is -1.70. The van der Waals surface area contributed by atoms with Crippen LogP contribution in [0.25, 0.3) is 11.1 Å². The number of pyridine rings is 1. The van der Waals surface area contributed by atoms with Crippen LogP contribution in [0.15, 0.2) is 66.9 Å². The van der Waals surface area contributed by atoms with Crippen LogP contribution in [0.1, 0.15) is 28.7 Å². The van der Waals surface area contributed by atoms with Crippen LogP contribution in [-0.4, -0.2) is 40.5 Å². The standard InChI is InChI=1S/C23H23N3O4/c24-22-18(10-5-11-25-22)21(28)20(27)12-26-23(29)30-13-19-16-8-3-1-6-14(16)15-7-2-4-9-17(15)19/h1-11,19-21,27-28H,12-13H2,(H2,24,25)(H,26,29). The van der Waals surface area contributed by atoms with E-state index in [-0.39, 0.29) is 24.9 Å². The van der Waals surface area contributed by atoms with Crippen LogP contribution in [0.4, 0.5) is 10.6 Å². The van der Waals surface area contributed by atoms with Crippen LogP contribution in [-0.2, 0) is 4.74 Å². The van der Waals surface area contributed by atoms with E-state index in [2.05, 4.69) is 22.4 Å². The number of hydrogen-bond donors (Lipinski definition) is 4. The molecule has 0 saturated heterocycles. The number of aromatic nitrogens is 1. The van der Waals surface area contributed by atoms with Gasteiger partial charge in [0.15, 0.2) is 0 Å². The van der Waals surface area contributed by atoms with E-state index in [9.17, 15) is 15.0 Å². The van der Waals surface area contributed by atoms with E-state index >= 15 is 0 Å². The number of rotatable bonds is 6. The van der Waals surface area contributed by atoms with Gasteiger partial charge >= 0.3 is 6.09 Å². The van der Waals surface area contributed by atoms with Gasteiger partial charge in [-0.3, -0.25) is 0 Å². The van der Waals surface area contributed by atoms with Crippen LogP contribution in [0.5, 0.6) is 0 Å². The van der Waals surface area contributed by atoms with Gasteiger partial charge in [0.2, 0.25) is 0 Å². The number of anilines is 1. The van der Waals surface area contributed by atoms with Crippen molar-refractivity contribution in [1.82, 2.24) is 10.3 Å². The van der Waals surface area contributed by atoms with Crippen LogP contribution in [0, 0.1) is 0 Å². The van der Waals surface area contributed by atoms with Gasteiger partial charge in [0.05, 0.1) is 0 Å². The summed E-state index contributed by atoms with van der Waals surface area (Å²) in [6, 6.07) is 19.3. The summed E-state index contributed by atoms with van der Waals surface area (Å²) < 4.78 is 5.42. The number of carbonyl (C=O) groups is 1. The largest absolute Gasteiger partial charge is 0.449 e. The summed E-state index contributed by atoms with van der Waals surface area (Å²) in [6.45, 7) is -0.0137. The number of carbonyl (C=O) groups excluding carboxylic acids is 1. The molecular formula is C23H23N3O4. The highest BCUT2D eigenvalue weighted by Crippen LogP contribution is 2.44. The van der Waals surface area contributed by atoms with Crippen molar-refractivity contribution in [3.63, 3.8) is 0 Å². The van der Waals surface area contributed by atoms with E-state index in [0.29, 0.717) is 5.56 Å². The Morgan fingerprint density at radius 2 is 1.67 bits per heavy atom. The fraction of sp³-hybridized carbons (Fsp3) is 0.217. The highest BCUT2D eigenvalue weighted by Gasteiger charge is 2.29. The molecule has 7 heteroatoms. The Hall–Kier alpha value is -3.42. The topological polar surface area (TPSA) is 118 Å². The first kappa shape index (κ1) is 19.9. The summed E-state index contributed by atoms with van der Waals surface area (Å²) in [4.78, 5) is 16.1. The number of fused-ring (bicyclic) bond motifs is 3. The smallest absolute Gasteiger partial charge is 0.407 e. The molecule has 3 aromatic rings. The lowest BCUT2D eigenvalue weighted by Crippen LogP contribution is -2.36. The predicted molar refractivity (Wildman–Crippen MR) is 113 cm³/mol. The molecule has 0 bridgehead atoms. The highest BCUT2D eigenvalue weighted by atomic mass is 16.5. The van der Waals surface area contributed by atoms with Crippen molar-refractivity contribution in [2.24, 2.45) is 0 Å². The summed E-state index contributed by atoms with van der Waals surface area (Å²) in [7, 11) is 0. The maximum absolute atomic E-state index is 12.2. The molecule has 0 spiro atoms. The second-order valence-corrected chi connectivity index (χ2v) is 7.20. The van der Waals surface area contributed by atoms with Crippen molar-refractivity contribution in [3.8, 4) is 11.1 Å². The van der Waals surface area contributed by atoms with Gasteiger partial charge in [-0.15, -0.1) is 0 Å². The van der Waals surface area contributed by atoms with Crippen molar-refractivity contribution in [1.29, 1.82) is 0 Å². The van der Waals surface area contributed by atoms with Gasteiger partial charge < -0.3 is 26.0 Å². The number of nitrogens with one attached hydrogen (secondary N) is 1. The third-order valence-electron chi connectivity index (χ3n) is 5.35. The molecule has 0 radical (unpaired) electrons. The maximum atomic E-state index is 12.2. The summed E-state index contributed by atoms with van der Waals surface area (Å²) >= 11 is 0. The summed E-state index contributed by atoms with van der Waals surface area (Å²) in [5.41, 5.74) is 10.6. The van der Waals surface area contributed by atoms with E-state index in [0.717, 1.165) is 22.3 Å². The number of alkyl carbamates (subject to hydrolysis) is 1. The molecule has 30 heavy (non-hydrogen) atoms. The van der Waals surface area contributed by atoms with Gasteiger partial charge in [0, 0.05) is 24.2 Å². The van der Waals surface area contributed by atoms with Crippen molar-refractivity contribution >= 4 is 11.9 Å². The normalized spacial score (nSPS) is 14.5. The monoisotopic (exact) mass is 405 g/mol. The van der Waals surface area contributed by atoms with Gasteiger partial charge in [-0.2, -0.15) is 0 Å². The summed E-state index contributed by atoms with van der Waals surface area (Å²) in [5, 5.41) is 22.9. The zero-order valence-electron chi connectivity index (χ0n) is 16.2. The lowest BCUT2D eigenvalue weighted by Gasteiger charge is -2.20. The number of amides is 1. The van der Waals surface area contributed by atoms with Crippen molar-refractivity contribution in [2.45, 2.75) is 18.1 Å². The van der Waals surface area contributed by atoms with Gasteiger partial charge in [-0.05, 0) is 28.3 Å². The second kappa shape index (κ2) is 8.52. The molecule has 0 saturated carbocycles. The van der Waals surface area contributed by atoms with E-state index in [1.165, 1.54) is 6.20 Å². The first-order valence-corrected chi connectivity index (χ1v) is 9.71. The molecule has 1 heterocycles. The minimum Gasteiger partial charge on any atom is -0.449 e.